The molecule has 0 spiro atoms. The smallest absolute Gasteiger partial charge is 0.309 e. The maximum atomic E-state index is 11.6. The number of carbonyl (C=O) groups excluding carboxylic acids is 1. The van der Waals surface area contributed by atoms with Crippen LogP contribution in [0.1, 0.15) is 130 Å². The summed E-state index contributed by atoms with van der Waals surface area (Å²) in [6.07, 6.45) is 20.9. The molecule has 0 aromatic rings. The van der Waals surface area contributed by atoms with Gasteiger partial charge in [-0.15, -0.1) is 0 Å². The summed E-state index contributed by atoms with van der Waals surface area (Å²) in [4.78, 5) is 22.8. The van der Waals surface area contributed by atoms with Crippen molar-refractivity contribution in [1.82, 2.24) is 0 Å². The molecule has 0 aromatic heterocycles. The first-order valence-electron chi connectivity index (χ1n) is 12.0. The first kappa shape index (κ1) is 23.7. The Hall–Kier alpha value is -0.610. The second-order valence-corrected chi connectivity index (χ2v) is 9.63. The fraction of sp³-hybridized carbons (Fsp3) is 0.958. The molecule has 0 N–H and O–H groups in total. The molecule has 0 unspecified atom stereocenters. The van der Waals surface area contributed by atoms with E-state index in [0.717, 1.165) is 19.3 Å². The average Bonchev–Trinajstić information content (AvgIpc) is 2.94. The molecule has 0 aliphatic carbocycles. The van der Waals surface area contributed by atoms with Crippen molar-refractivity contribution in [2.45, 2.75) is 147 Å². The van der Waals surface area contributed by atoms with E-state index in [1.165, 1.54) is 83.5 Å². The molecule has 0 aromatic carbocycles. The van der Waals surface area contributed by atoms with Crippen LogP contribution in [0.2, 0.25) is 0 Å². The summed E-state index contributed by atoms with van der Waals surface area (Å²) in [5, 5.41) is 0. The summed E-state index contributed by atoms with van der Waals surface area (Å²) >= 11 is 0. The van der Waals surface area contributed by atoms with Gasteiger partial charge in [0.1, 0.15) is 17.3 Å². The third-order valence-electron chi connectivity index (χ3n) is 6.53. The SMILES string of the molecule is CCCCCCCCCCCCCCCC[C@]1(C)C[C@]2(C)OC(=O)C[C@@H]2OO1. The lowest BCUT2D eigenvalue weighted by molar-refractivity contribution is -0.428. The van der Waals surface area contributed by atoms with Crippen LogP contribution in [0.5, 0.6) is 0 Å². The highest BCUT2D eigenvalue weighted by atomic mass is 17.2. The molecule has 28 heavy (non-hydrogen) atoms. The zero-order valence-electron chi connectivity index (χ0n) is 18.7. The molecule has 2 heterocycles. The van der Waals surface area contributed by atoms with Gasteiger partial charge in [0.2, 0.25) is 0 Å². The van der Waals surface area contributed by atoms with Crippen LogP contribution in [0.25, 0.3) is 0 Å². The first-order valence-corrected chi connectivity index (χ1v) is 12.0. The van der Waals surface area contributed by atoms with Crippen LogP contribution < -0.4 is 0 Å². The van der Waals surface area contributed by atoms with E-state index in [1.807, 2.05) is 6.92 Å². The quantitative estimate of drug-likeness (QED) is 0.169. The number of esters is 1. The zero-order chi connectivity index (χ0) is 20.3. The van der Waals surface area contributed by atoms with Gasteiger partial charge in [0.05, 0.1) is 6.42 Å². The molecule has 0 amide bonds. The van der Waals surface area contributed by atoms with E-state index in [4.69, 9.17) is 14.5 Å². The van der Waals surface area contributed by atoms with Crippen molar-refractivity contribution in [2.24, 2.45) is 0 Å². The van der Waals surface area contributed by atoms with E-state index >= 15 is 0 Å². The second kappa shape index (κ2) is 12.2. The van der Waals surface area contributed by atoms with E-state index in [0.29, 0.717) is 6.42 Å². The van der Waals surface area contributed by atoms with E-state index < -0.39 is 5.60 Å². The molecule has 4 heteroatoms. The summed E-state index contributed by atoms with van der Waals surface area (Å²) in [6.45, 7) is 6.35. The molecular weight excluding hydrogens is 352 g/mol. The van der Waals surface area contributed by atoms with Crippen LogP contribution in [0.15, 0.2) is 0 Å². The van der Waals surface area contributed by atoms with Gasteiger partial charge in [0.15, 0.2) is 0 Å². The third-order valence-corrected chi connectivity index (χ3v) is 6.53. The van der Waals surface area contributed by atoms with Crippen LogP contribution in [0.4, 0.5) is 0 Å². The van der Waals surface area contributed by atoms with Crippen LogP contribution >= 0.6 is 0 Å². The lowest BCUT2D eigenvalue weighted by atomic mass is 9.82. The van der Waals surface area contributed by atoms with Gasteiger partial charge in [-0.25, -0.2) is 9.78 Å². The number of ether oxygens (including phenoxy) is 1. The maximum Gasteiger partial charge on any atom is 0.309 e. The Morgan fingerprint density at radius 1 is 0.821 bits per heavy atom. The normalized spacial score (nSPS) is 29.7. The molecule has 3 atom stereocenters. The lowest BCUT2D eigenvalue weighted by Gasteiger charge is -2.43. The van der Waals surface area contributed by atoms with Crippen molar-refractivity contribution in [3.05, 3.63) is 0 Å². The Labute approximate surface area is 173 Å². The number of rotatable bonds is 15. The predicted molar refractivity (Wildman–Crippen MR) is 113 cm³/mol. The topological polar surface area (TPSA) is 44.8 Å². The van der Waals surface area contributed by atoms with Gasteiger partial charge in [0, 0.05) is 6.42 Å². The Kier molecular flexibility index (Phi) is 10.3. The van der Waals surface area contributed by atoms with E-state index in [-0.39, 0.29) is 17.7 Å². The minimum atomic E-state index is -0.514. The summed E-state index contributed by atoms with van der Waals surface area (Å²) in [5.74, 6) is -0.170. The molecule has 2 aliphatic rings. The van der Waals surface area contributed by atoms with Crippen molar-refractivity contribution >= 4 is 5.97 Å². The first-order chi connectivity index (χ1) is 13.5. The van der Waals surface area contributed by atoms with E-state index in [2.05, 4.69) is 13.8 Å². The number of hydrogen-bond donors (Lipinski definition) is 0. The fourth-order valence-corrected chi connectivity index (χ4v) is 4.79. The van der Waals surface area contributed by atoms with Crippen LogP contribution in [-0.4, -0.2) is 23.3 Å². The molecule has 0 radical (unpaired) electrons. The van der Waals surface area contributed by atoms with Crippen LogP contribution in [0.3, 0.4) is 0 Å². The Morgan fingerprint density at radius 2 is 1.32 bits per heavy atom. The maximum absolute atomic E-state index is 11.6. The molecule has 2 aliphatic heterocycles. The largest absolute Gasteiger partial charge is 0.456 e. The van der Waals surface area contributed by atoms with Crippen molar-refractivity contribution < 1.29 is 19.3 Å². The van der Waals surface area contributed by atoms with Gasteiger partial charge in [-0.3, -0.25) is 4.79 Å². The number of carbonyl (C=O) groups is 1. The van der Waals surface area contributed by atoms with Gasteiger partial charge in [-0.1, -0.05) is 96.8 Å². The monoisotopic (exact) mass is 396 g/mol. The molecule has 164 valence electrons. The minimum Gasteiger partial charge on any atom is -0.456 e. The highest BCUT2D eigenvalue weighted by Gasteiger charge is 2.55. The summed E-state index contributed by atoms with van der Waals surface area (Å²) < 4.78 is 5.53. The summed E-state index contributed by atoms with van der Waals surface area (Å²) in [7, 11) is 0. The highest BCUT2D eigenvalue weighted by molar-refractivity contribution is 5.73. The van der Waals surface area contributed by atoms with Gasteiger partial charge in [-0.2, -0.15) is 0 Å². The molecule has 2 saturated heterocycles. The molecule has 0 saturated carbocycles. The van der Waals surface area contributed by atoms with E-state index in [1.54, 1.807) is 0 Å². The molecule has 0 bridgehead atoms. The Balaban J connectivity index is 1.42. The van der Waals surface area contributed by atoms with Crippen LogP contribution in [-0.2, 0) is 19.3 Å². The van der Waals surface area contributed by atoms with Crippen molar-refractivity contribution in [1.29, 1.82) is 0 Å². The number of fused-ring (bicyclic) bond motifs is 1. The average molecular weight is 397 g/mol. The predicted octanol–water partition coefficient (Wildman–Crippen LogP) is 7.04. The van der Waals surface area contributed by atoms with Crippen molar-refractivity contribution in [3.8, 4) is 0 Å². The van der Waals surface area contributed by atoms with Crippen molar-refractivity contribution in [3.63, 3.8) is 0 Å². The van der Waals surface area contributed by atoms with Gasteiger partial charge in [-0.05, 0) is 20.3 Å². The minimum absolute atomic E-state index is 0.170. The lowest BCUT2D eigenvalue weighted by Crippen LogP contribution is -2.51. The number of hydrogen-bond acceptors (Lipinski definition) is 4. The zero-order valence-corrected chi connectivity index (χ0v) is 18.7. The second-order valence-electron chi connectivity index (χ2n) is 9.63. The van der Waals surface area contributed by atoms with Gasteiger partial charge >= 0.3 is 5.97 Å². The van der Waals surface area contributed by atoms with Gasteiger partial charge in [0.25, 0.3) is 0 Å². The molecular formula is C24H44O4. The van der Waals surface area contributed by atoms with E-state index in [9.17, 15) is 4.79 Å². The van der Waals surface area contributed by atoms with Crippen LogP contribution in [0, 0.1) is 0 Å². The molecule has 2 rings (SSSR count). The summed E-state index contributed by atoms with van der Waals surface area (Å²) in [6, 6.07) is 0. The molecule has 4 nitrogen and oxygen atoms in total. The standard InChI is InChI=1S/C24H44O4/c1-4-5-6-7-8-9-10-11-12-13-14-15-16-17-18-23(2)20-24(3)21(27-28-23)19-22(25)26-24/h21H,4-20H2,1-3H3/t21-,23+,24-/m0/s1. The number of unbranched alkanes of at least 4 members (excludes halogenated alkanes) is 13. The Bertz CT molecular complexity index is 452. The summed E-state index contributed by atoms with van der Waals surface area (Å²) in [5.41, 5.74) is -0.854. The molecule has 2 fully saturated rings. The highest BCUT2D eigenvalue weighted by Crippen LogP contribution is 2.44. The third kappa shape index (κ3) is 8.02. The Morgan fingerprint density at radius 3 is 1.86 bits per heavy atom. The fourth-order valence-electron chi connectivity index (χ4n) is 4.79. The van der Waals surface area contributed by atoms with Crippen molar-refractivity contribution in [2.75, 3.05) is 0 Å². The van der Waals surface area contributed by atoms with Gasteiger partial charge < -0.3 is 4.74 Å².